The Balaban J connectivity index is 1.81. The SMILES string of the molecule is COc1cccc(CO[C@@H](C)C(=O)N[C@H]2CCS(=O)(=O)C2)c1. The predicted molar refractivity (Wildman–Crippen MR) is 82.4 cm³/mol. The van der Waals surface area contributed by atoms with Gasteiger partial charge in [0.1, 0.15) is 11.9 Å². The molecule has 0 unspecified atom stereocenters. The van der Waals surface area contributed by atoms with E-state index in [-0.39, 0.29) is 30.1 Å². The lowest BCUT2D eigenvalue weighted by Gasteiger charge is -2.16. The second-order valence-electron chi connectivity index (χ2n) is 5.41. The van der Waals surface area contributed by atoms with Crippen molar-refractivity contribution in [2.45, 2.75) is 32.1 Å². The molecule has 0 bridgehead atoms. The zero-order valence-corrected chi connectivity index (χ0v) is 13.6. The number of carbonyl (C=O) groups is 1. The van der Waals surface area contributed by atoms with Crippen LogP contribution in [0.1, 0.15) is 18.9 Å². The lowest BCUT2D eigenvalue weighted by atomic mass is 10.2. The Morgan fingerprint density at radius 3 is 2.86 bits per heavy atom. The maximum atomic E-state index is 12.0. The van der Waals surface area contributed by atoms with E-state index in [1.807, 2.05) is 24.3 Å². The largest absolute Gasteiger partial charge is 0.497 e. The summed E-state index contributed by atoms with van der Waals surface area (Å²) < 4.78 is 33.4. The number of hydrogen-bond donors (Lipinski definition) is 1. The lowest BCUT2D eigenvalue weighted by Crippen LogP contribution is -2.41. The Morgan fingerprint density at radius 2 is 2.23 bits per heavy atom. The Labute approximate surface area is 130 Å². The van der Waals surface area contributed by atoms with E-state index in [9.17, 15) is 13.2 Å². The molecule has 1 aromatic carbocycles. The third kappa shape index (κ3) is 4.71. The number of methoxy groups -OCH3 is 1. The summed E-state index contributed by atoms with van der Waals surface area (Å²) in [5.74, 6) is 0.595. The number of hydrogen-bond acceptors (Lipinski definition) is 5. The Hall–Kier alpha value is -1.60. The minimum absolute atomic E-state index is 0.0152. The minimum Gasteiger partial charge on any atom is -0.497 e. The van der Waals surface area contributed by atoms with Gasteiger partial charge in [0.05, 0.1) is 25.2 Å². The van der Waals surface area contributed by atoms with Crippen LogP contribution in [0.25, 0.3) is 0 Å². The lowest BCUT2D eigenvalue weighted by molar-refractivity contribution is -0.133. The molecule has 0 spiro atoms. The number of ether oxygens (including phenoxy) is 2. The molecule has 2 rings (SSSR count). The van der Waals surface area contributed by atoms with Crippen LogP contribution < -0.4 is 10.1 Å². The van der Waals surface area contributed by atoms with Gasteiger partial charge in [0, 0.05) is 6.04 Å². The van der Waals surface area contributed by atoms with E-state index in [1.165, 1.54) is 0 Å². The quantitative estimate of drug-likeness (QED) is 0.840. The van der Waals surface area contributed by atoms with E-state index < -0.39 is 15.9 Å². The highest BCUT2D eigenvalue weighted by Gasteiger charge is 2.30. The van der Waals surface area contributed by atoms with Crippen LogP contribution in [0.5, 0.6) is 5.75 Å². The number of rotatable bonds is 6. The number of carbonyl (C=O) groups excluding carboxylic acids is 1. The summed E-state index contributed by atoms with van der Waals surface area (Å²) in [4.78, 5) is 12.0. The molecule has 1 aliphatic heterocycles. The molecular weight excluding hydrogens is 306 g/mol. The number of amides is 1. The van der Waals surface area contributed by atoms with Gasteiger partial charge in [0.15, 0.2) is 9.84 Å². The number of nitrogens with one attached hydrogen (secondary N) is 1. The number of sulfone groups is 1. The molecule has 22 heavy (non-hydrogen) atoms. The molecule has 2 atom stereocenters. The van der Waals surface area contributed by atoms with Gasteiger partial charge in [-0.05, 0) is 31.0 Å². The van der Waals surface area contributed by atoms with E-state index in [1.54, 1.807) is 14.0 Å². The van der Waals surface area contributed by atoms with E-state index in [0.717, 1.165) is 11.3 Å². The van der Waals surface area contributed by atoms with Crippen molar-refractivity contribution < 1.29 is 22.7 Å². The summed E-state index contributed by atoms with van der Waals surface area (Å²) in [5.41, 5.74) is 0.905. The predicted octanol–water partition coefficient (Wildman–Crippen LogP) is 0.904. The van der Waals surface area contributed by atoms with Crippen molar-refractivity contribution in [3.8, 4) is 5.75 Å². The molecule has 0 aliphatic carbocycles. The topological polar surface area (TPSA) is 81.7 Å². The summed E-state index contributed by atoms with van der Waals surface area (Å²) in [6.45, 7) is 1.94. The first-order chi connectivity index (χ1) is 10.4. The fraction of sp³-hybridized carbons (Fsp3) is 0.533. The van der Waals surface area contributed by atoms with Crippen molar-refractivity contribution in [2.75, 3.05) is 18.6 Å². The molecule has 0 saturated carbocycles. The summed E-state index contributed by atoms with van der Waals surface area (Å²) in [6, 6.07) is 7.11. The van der Waals surface area contributed by atoms with Crippen LogP contribution in [0, 0.1) is 0 Å². The molecule has 122 valence electrons. The van der Waals surface area contributed by atoms with Crippen LogP contribution in [-0.4, -0.2) is 45.1 Å². The third-order valence-electron chi connectivity index (χ3n) is 3.58. The standard InChI is InChI=1S/C15H21NO5S/c1-11(15(17)16-13-6-7-22(18,19)10-13)21-9-12-4-3-5-14(8-12)20-2/h3-5,8,11,13H,6-7,9-10H2,1-2H3,(H,16,17)/t11-,13-/m0/s1. The molecule has 7 heteroatoms. The molecule has 6 nitrogen and oxygen atoms in total. The van der Waals surface area contributed by atoms with E-state index in [2.05, 4.69) is 5.32 Å². The summed E-state index contributed by atoms with van der Waals surface area (Å²) >= 11 is 0. The highest BCUT2D eigenvalue weighted by molar-refractivity contribution is 7.91. The second-order valence-corrected chi connectivity index (χ2v) is 7.64. The van der Waals surface area contributed by atoms with Crippen molar-refractivity contribution in [3.63, 3.8) is 0 Å². The average molecular weight is 327 g/mol. The zero-order chi connectivity index (χ0) is 16.2. The Kier molecular flexibility index (Phi) is 5.42. The van der Waals surface area contributed by atoms with Crippen molar-refractivity contribution in [2.24, 2.45) is 0 Å². The summed E-state index contributed by atoms with van der Waals surface area (Å²) in [6.07, 6.45) is -0.175. The van der Waals surface area contributed by atoms with E-state index >= 15 is 0 Å². The van der Waals surface area contributed by atoms with Crippen molar-refractivity contribution in [1.82, 2.24) is 5.32 Å². The maximum absolute atomic E-state index is 12.0. The molecule has 1 aliphatic rings. The monoisotopic (exact) mass is 327 g/mol. The second kappa shape index (κ2) is 7.11. The first-order valence-electron chi connectivity index (χ1n) is 7.15. The van der Waals surface area contributed by atoms with Crippen LogP contribution in [0.2, 0.25) is 0 Å². The van der Waals surface area contributed by atoms with Gasteiger partial charge in [-0.3, -0.25) is 4.79 Å². The van der Waals surface area contributed by atoms with Crippen LogP contribution >= 0.6 is 0 Å². The first-order valence-corrected chi connectivity index (χ1v) is 8.97. The number of benzene rings is 1. The normalized spacial score (nSPS) is 21.3. The van der Waals surface area contributed by atoms with Gasteiger partial charge < -0.3 is 14.8 Å². The van der Waals surface area contributed by atoms with Gasteiger partial charge in [-0.15, -0.1) is 0 Å². The fourth-order valence-electron chi connectivity index (χ4n) is 2.29. The third-order valence-corrected chi connectivity index (χ3v) is 5.35. The molecular formula is C15H21NO5S. The van der Waals surface area contributed by atoms with Crippen LogP contribution in [0.15, 0.2) is 24.3 Å². The molecule has 1 fully saturated rings. The molecule has 1 amide bonds. The molecule has 1 heterocycles. The van der Waals surface area contributed by atoms with Gasteiger partial charge >= 0.3 is 0 Å². The Bertz CT molecular complexity index is 629. The van der Waals surface area contributed by atoms with Crippen LogP contribution in [0.4, 0.5) is 0 Å². The summed E-state index contributed by atoms with van der Waals surface area (Å²) in [5, 5.41) is 2.73. The van der Waals surface area contributed by atoms with E-state index in [0.29, 0.717) is 6.42 Å². The first kappa shape index (κ1) is 16.8. The molecule has 1 N–H and O–H groups in total. The summed E-state index contributed by atoms with van der Waals surface area (Å²) in [7, 11) is -1.41. The Morgan fingerprint density at radius 1 is 1.45 bits per heavy atom. The van der Waals surface area contributed by atoms with E-state index in [4.69, 9.17) is 9.47 Å². The van der Waals surface area contributed by atoms with Gasteiger partial charge in [-0.1, -0.05) is 12.1 Å². The van der Waals surface area contributed by atoms with Crippen LogP contribution in [0.3, 0.4) is 0 Å². The van der Waals surface area contributed by atoms with Gasteiger partial charge in [-0.25, -0.2) is 8.42 Å². The fourth-order valence-corrected chi connectivity index (χ4v) is 3.96. The maximum Gasteiger partial charge on any atom is 0.249 e. The molecule has 0 aromatic heterocycles. The van der Waals surface area contributed by atoms with Crippen LogP contribution in [-0.2, 0) is 26.0 Å². The molecule has 1 aromatic rings. The molecule has 0 radical (unpaired) electrons. The molecule has 1 saturated heterocycles. The zero-order valence-electron chi connectivity index (χ0n) is 12.7. The highest BCUT2D eigenvalue weighted by Crippen LogP contribution is 2.14. The van der Waals surface area contributed by atoms with Crippen molar-refractivity contribution >= 4 is 15.7 Å². The van der Waals surface area contributed by atoms with Crippen molar-refractivity contribution in [3.05, 3.63) is 29.8 Å². The average Bonchev–Trinajstić information content (AvgIpc) is 2.83. The van der Waals surface area contributed by atoms with Gasteiger partial charge in [0.2, 0.25) is 5.91 Å². The van der Waals surface area contributed by atoms with Gasteiger partial charge in [0.25, 0.3) is 0 Å². The van der Waals surface area contributed by atoms with Crippen molar-refractivity contribution in [1.29, 1.82) is 0 Å². The minimum atomic E-state index is -3.00. The smallest absolute Gasteiger partial charge is 0.249 e. The highest BCUT2D eigenvalue weighted by atomic mass is 32.2. The van der Waals surface area contributed by atoms with Gasteiger partial charge in [-0.2, -0.15) is 0 Å².